The molecule has 0 saturated carbocycles. The molecule has 0 aromatic heterocycles. The van der Waals surface area contributed by atoms with Gasteiger partial charge in [-0.1, -0.05) is 24.0 Å². The molecular weight excluding hydrogens is 266 g/mol. The first kappa shape index (κ1) is 16.9. The third kappa shape index (κ3) is 7.26. The van der Waals surface area contributed by atoms with Gasteiger partial charge in [0.15, 0.2) is 0 Å². The number of rotatable bonds is 3. The maximum Gasteiger partial charge on any atom is 0.408 e. The molecule has 1 rings (SSSR count). The van der Waals surface area contributed by atoms with Crippen LogP contribution in [0.1, 0.15) is 40.2 Å². The monoisotopic (exact) mass is 289 g/mol. The summed E-state index contributed by atoms with van der Waals surface area (Å²) in [6.45, 7) is 9.61. The summed E-state index contributed by atoms with van der Waals surface area (Å²) in [5, 5.41) is 2.59. The number of amides is 1. The molecule has 0 atom stereocenters. The molecule has 1 aromatic carbocycles. The van der Waals surface area contributed by atoms with E-state index < -0.39 is 11.7 Å². The van der Waals surface area contributed by atoms with Crippen molar-refractivity contribution in [2.75, 3.05) is 6.54 Å². The molecule has 4 nitrogen and oxygen atoms in total. The van der Waals surface area contributed by atoms with Crippen LogP contribution in [0.3, 0.4) is 0 Å². The predicted octanol–water partition coefficient (Wildman–Crippen LogP) is 3.35. The van der Waals surface area contributed by atoms with Crippen molar-refractivity contribution in [3.05, 3.63) is 29.8 Å². The molecule has 0 spiro atoms. The highest BCUT2D eigenvalue weighted by Crippen LogP contribution is 2.17. The Hall–Kier alpha value is -2.15. The van der Waals surface area contributed by atoms with Gasteiger partial charge in [-0.2, -0.15) is 0 Å². The molecule has 0 aliphatic heterocycles. The van der Waals surface area contributed by atoms with Crippen LogP contribution in [0.4, 0.5) is 4.79 Å². The van der Waals surface area contributed by atoms with Crippen molar-refractivity contribution in [3.8, 4) is 17.6 Å². The zero-order valence-electron chi connectivity index (χ0n) is 13.3. The molecule has 0 fully saturated rings. The van der Waals surface area contributed by atoms with Crippen LogP contribution in [0, 0.1) is 11.8 Å². The van der Waals surface area contributed by atoms with Crippen molar-refractivity contribution < 1.29 is 14.3 Å². The van der Waals surface area contributed by atoms with Gasteiger partial charge in [-0.3, -0.25) is 0 Å². The number of hydrogen-bond donors (Lipinski definition) is 1. The van der Waals surface area contributed by atoms with Gasteiger partial charge in [-0.25, -0.2) is 4.79 Å². The van der Waals surface area contributed by atoms with E-state index in [4.69, 9.17) is 9.47 Å². The number of benzene rings is 1. The van der Waals surface area contributed by atoms with Crippen molar-refractivity contribution >= 4 is 6.09 Å². The maximum absolute atomic E-state index is 11.5. The van der Waals surface area contributed by atoms with Gasteiger partial charge in [0.2, 0.25) is 0 Å². The fourth-order valence-corrected chi connectivity index (χ4v) is 1.50. The number of carbonyl (C=O) groups is 1. The molecule has 0 radical (unpaired) electrons. The van der Waals surface area contributed by atoms with Gasteiger partial charge in [0.1, 0.15) is 11.4 Å². The van der Waals surface area contributed by atoms with E-state index in [0.717, 1.165) is 11.3 Å². The largest absolute Gasteiger partial charge is 0.490 e. The summed E-state index contributed by atoms with van der Waals surface area (Å²) in [7, 11) is 0. The average Bonchev–Trinajstić information content (AvgIpc) is 2.33. The molecule has 1 aromatic rings. The highest BCUT2D eigenvalue weighted by Gasteiger charge is 2.15. The smallest absolute Gasteiger partial charge is 0.408 e. The lowest BCUT2D eigenvalue weighted by atomic mass is 10.2. The quantitative estimate of drug-likeness (QED) is 0.868. The van der Waals surface area contributed by atoms with Crippen molar-refractivity contribution in [2.45, 2.75) is 46.3 Å². The van der Waals surface area contributed by atoms with Gasteiger partial charge in [0, 0.05) is 0 Å². The second-order valence-corrected chi connectivity index (χ2v) is 5.82. The molecule has 0 heterocycles. The molecule has 0 aliphatic rings. The standard InChI is InChI=1S/C17H23NO3/c1-13(2)20-15-11-7-6-9-14(15)10-8-12-18-16(19)21-17(3,4)5/h6-7,9,11,13H,12H2,1-5H3,(H,18,19). The molecule has 114 valence electrons. The first-order valence-corrected chi connectivity index (χ1v) is 6.99. The second-order valence-electron chi connectivity index (χ2n) is 5.82. The van der Waals surface area contributed by atoms with Crippen molar-refractivity contribution in [2.24, 2.45) is 0 Å². The van der Waals surface area contributed by atoms with E-state index in [1.807, 2.05) is 58.9 Å². The Morgan fingerprint density at radius 1 is 1.29 bits per heavy atom. The number of alkyl carbamates (subject to hydrolysis) is 1. The number of para-hydroxylation sites is 1. The lowest BCUT2D eigenvalue weighted by Crippen LogP contribution is -2.32. The number of hydrogen-bond acceptors (Lipinski definition) is 3. The Labute approximate surface area is 126 Å². The van der Waals surface area contributed by atoms with Crippen molar-refractivity contribution in [1.82, 2.24) is 5.32 Å². The van der Waals surface area contributed by atoms with Gasteiger partial charge >= 0.3 is 6.09 Å². The average molecular weight is 289 g/mol. The fraction of sp³-hybridized carbons (Fsp3) is 0.471. The summed E-state index contributed by atoms with van der Waals surface area (Å²) in [6.07, 6.45) is -0.378. The molecule has 0 saturated heterocycles. The van der Waals surface area contributed by atoms with E-state index in [2.05, 4.69) is 17.2 Å². The maximum atomic E-state index is 11.5. The molecule has 0 bridgehead atoms. The lowest BCUT2D eigenvalue weighted by molar-refractivity contribution is 0.0535. The third-order valence-electron chi connectivity index (χ3n) is 2.19. The normalized spacial score (nSPS) is 10.6. The second kappa shape index (κ2) is 7.58. The third-order valence-corrected chi connectivity index (χ3v) is 2.19. The Kier molecular flexibility index (Phi) is 6.10. The van der Waals surface area contributed by atoms with Crippen LogP contribution in [0.5, 0.6) is 5.75 Å². The number of ether oxygens (including phenoxy) is 2. The first-order chi connectivity index (χ1) is 9.78. The molecule has 21 heavy (non-hydrogen) atoms. The van der Waals surface area contributed by atoms with E-state index in [-0.39, 0.29) is 12.6 Å². The first-order valence-electron chi connectivity index (χ1n) is 6.99. The van der Waals surface area contributed by atoms with Crippen LogP contribution in [-0.2, 0) is 4.74 Å². The molecule has 1 N–H and O–H groups in total. The Morgan fingerprint density at radius 3 is 2.57 bits per heavy atom. The number of carbonyl (C=O) groups excluding carboxylic acids is 1. The SMILES string of the molecule is CC(C)Oc1ccccc1C#CCNC(=O)OC(C)(C)C. The van der Waals surface area contributed by atoms with Gasteiger partial charge in [-0.05, 0) is 46.8 Å². The van der Waals surface area contributed by atoms with Crippen LogP contribution >= 0.6 is 0 Å². The summed E-state index contributed by atoms with van der Waals surface area (Å²) in [4.78, 5) is 11.5. The minimum atomic E-state index is -0.505. The van der Waals surface area contributed by atoms with Crippen molar-refractivity contribution in [3.63, 3.8) is 0 Å². The Morgan fingerprint density at radius 2 is 1.95 bits per heavy atom. The molecule has 1 amide bonds. The fourth-order valence-electron chi connectivity index (χ4n) is 1.50. The van der Waals surface area contributed by atoms with Crippen LogP contribution < -0.4 is 10.1 Å². The summed E-state index contributed by atoms with van der Waals surface area (Å²) in [6, 6.07) is 7.57. The summed E-state index contributed by atoms with van der Waals surface area (Å²) in [5.41, 5.74) is 0.298. The zero-order valence-corrected chi connectivity index (χ0v) is 13.3. The van der Waals surface area contributed by atoms with E-state index >= 15 is 0 Å². The van der Waals surface area contributed by atoms with Gasteiger partial charge in [-0.15, -0.1) is 0 Å². The number of nitrogens with one attached hydrogen (secondary N) is 1. The van der Waals surface area contributed by atoms with Crippen molar-refractivity contribution in [1.29, 1.82) is 0 Å². The van der Waals surface area contributed by atoms with Gasteiger partial charge < -0.3 is 14.8 Å². The summed E-state index contributed by atoms with van der Waals surface area (Å²) in [5.74, 6) is 6.63. The summed E-state index contributed by atoms with van der Waals surface area (Å²) >= 11 is 0. The van der Waals surface area contributed by atoms with Gasteiger partial charge in [0.05, 0.1) is 18.2 Å². The topological polar surface area (TPSA) is 47.6 Å². The highest BCUT2D eigenvalue weighted by molar-refractivity contribution is 5.68. The Balaban J connectivity index is 2.57. The van der Waals surface area contributed by atoms with E-state index in [1.165, 1.54) is 0 Å². The van der Waals surface area contributed by atoms with E-state index in [0.29, 0.717) is 0 Å². The minimum absolute atomic E-state index is 0.0906. The van der Waals surface area contributed by atoms with Crippen LogP contribution in [0.2, 0.25) is 0 Å². The summed E-state index contributed by atoms with van der Waals surface area (Å²) < 4.78 is 10.8. The molecule has 0 aliphatic carbocycles. The predicted molar refractivity (Wildman–Crippen MR) is 83.3 cm³/mol. The molecular formula is C17H23NO3. The minimum Gasteiger partial charge on any atom is -0.490 e. The highest BCUT2D eigenvalue weighted by atomic mass is 16.6. The van der Waals surface area contributed by atoms with Crippen LogP contribution in [0.15, 0.2) is 24.3 Å². The van der Waals surface area contributed by atoms with Crippen LogP contribution in [-0.4, -0.2) is 24.3 Å². The molecule has 0 unspecified atom stereocenters. The van der Waals surface area contributed by atoms with Crippen LogP contribution in [0.25, 0.3) is 0 Å². The van der Waals surface area contributed by atoms with E-state index in [1.54, 1.807) is 0 Å². The lowest BCUT2D eigenvalue weighted by Gasteiger charge is -2.19. The van der Waals surface area contributed by atoms with Gasteiger partial charge in [0.25, 0.3) is 0 Å². The Bertz CT molecular complexity index is 533. The van der Waals surface area contributed by atoms with E-state index in [9.17, 15) is 4.79 Å². The molecule has 4 heteroatoms. The zero-order chi connectivity index (χ0) is 15.9.